The summed E-state index contributed by atoms with van der Waals surface area (Å²) in [7, 11) is 0. The van der Waals surface area contributed by atoms with Gasteiger partial charge in [-0.1, -0.05) is 42.5 Å². The molecule has 0 radical (unpaired) electrons. The predicted octanol–water partition coefficient (Wildman–Crippen LogP) is 3.38. The lowest BCUT2D eigenvalue weighted by Gasteiger charge is -2.10. The van der Waals surface area contributed by atoms with Crippen LogP contribution < -0.4 is 0 Å². The van der Waals surface area contributed by atoms with E-state index in [4.69, 9.17) is 4.74 Å². The van der Waals surface area contributed by atoms with Crippen LogP contribution in [0.25, 0.3) is 10.8 Å². The highest BCUT2D eigenvalue weighted by Crippen LogP contribution is 2.16. The second-order valence-electron chi connectivity index (χ2n) is 4.42. The van der Waals surface area contributed by atoms with Crippen LogP contribution >= 0.6 is 0 Å². The molecule has 94 valence electrons. The van der Waals surface area contributed by atoms with Crippen molar-refractivity contribution in [3.05, 3.63) is 48.0 Å². The van der Waals surface area contributed by atoms with Crippen molar-refractivity contribution in [3.8, 4) is 0 Å². The Balaban J connectivity index is 2.14. The van der Waals surface area contributed by atoms with Crippen LogP contribution in [0.5, 0.6) is 0 Å². The molecule has 0 amide bonds. The van der Waals surface area contributed by atoms with E-state index in [1.807, 2.05) is 32.0 Å². The molecule has 1 unspecified atom stereocenters. The summed E-state index contributed by atoms with van der Waals surface area (Å²) in [4.78, 5) is 11.9. The minimum Gasteiger partial charge on any atom is -0.371 e. The predicted molar refractivity (Wildman–Crippen MR) is 73.7 cm³/mol. The van der Waals surface area contributed by atoms with Gasteiger partial charge in [-0.15, -0.1) is 0 Å². The molecule has 2 nitrogen and oxygen atoms in total. The van der Waals surface area contributed by atoms with E-state index >= 15 is 0 Å². The summed E-state index contributed by atoms with van der Waals surface area (Å²) < 4.78 is 5.31. The van der Waals surface area contributed by atoms with E-state index in [2.05, 4.69) is 24.3 Å². The Kier molecular flexibility index (Phi) is 4.11. The molecule has 2 rings (SSSR count). The molecular weight excluding hydrogens is 224 g/mol. The van der Waals surface area contributed by atoms with E-state index in [1.165, 1.54) is 10.8 Å². The van der Waals surface area contributed by atoms with Crippen LogP contribution in [-0.4, -0.2) is 18.5 Å². The third kappa shape index (κ3) is 2.96. The Bertz CT molecular complexity index is 546. The molecule has 2 aromatic rings. The molecule has 0 aromatic heterocycles. The number of rotatable bonds is 5. The number of Topliss-reactive ketones (excluding diaryl/α,β-unsaturated/α-hetero) is 1. The van der Waals surface area contributed by atoms with Crippen molar-refractivity contribution in [2.24, 2.45) is 0 Å². The summed E-state index contributed by atoms with van der Waals surface area (Å²) in [5.74, 6) is 0.132. The monoisotopic (exact) mass is 242 g/mol. The van der Waals surface area contributed by atoms with Gasteiger partial charge in [0, 0.05) is 13.0 Å². The van der Waals surface area contributed by atoms with E-state index in [0.717, 1.165) is 5.56 Å². The van der Waals surface area contributed by atoms with Gasteiger partial charge >= 0.3 is 0 Å². The lowest BCUT2D eigenvalue weighted by Crippen LogP contribution is -2.22. The van der Waals surface area contributed by atoms with Gasteiger partial charge in [-0.3, -0.25) is 4.79 Å². The lowest BCUT2D eigenvalue weighted by molar-refractivity contribution is -0.128. The normalized spacial score (nSPS) is 12.6. The molecule has 0 bridgehead atoms. The molecule has 0 N–H and O–H groups in total. The molecular formula is C16H18O2. The van der Waals surface area contributed by atoms with Gasteiger partial charge in [0.15, 0.2) is 5.78 Å². The topological polar surface area (TPSA) is 26.3 Å². The Hall–Kier alpha value is -1.67. The molecule has 0 fully saturated rings. The summed E-state index contributed by atoms with van der Waals surface area (Å²) in [5.41, 5.74) is 1.05. The largest absolute Gasteiger partial charge is 0.371 e. The van der Waals surface area contributed by atoms with Crippen molar-refractivity contribution in [1.29, 1.82) is 0 Å². The second kappa shape index (κ2) is 5.78. The lowest BCUT2D eigenvalue weighted by atomic mass is 10.0. The number of hydrogen-bond donors (Lipinski definition) is 0. The first-order valence-electron chi connectivity index (χ1n) is 6.32. The average Bonchev–Trinajstić information content (AvgIpc) is 2.39. The fourth-order valence-corrected chi connectivity index (χ4v) is 2.04. The highest BCUT2D eigenvalue weighted by atomic mass is 16.5. The number of fused-ring (bicyclic) bond motifs is 1. The third-order valence-electron chi connectivity index (χ3n) is 3.06. The van der Waals surface area contributed by atoms with Gasteiger partial charge in [-0.05, 0) is 30.2 Å². The van der Waals surface area contributed by atoms with Crippen molar-refractivity contribution >= 4 is 16.6 Å². The molecule has 2 heteroatoms. The summed E-state index contributed by atoms with van der Waals surface area (Å²) in [6.07, 6.45) is 0.118. The molecule has 0 saturated heterocycles. The maximum absolute atomic E-state index is 11.9. The number of ether oxygens (including phenoxy) is 1. The number of benzene rings is 2. The Morgan fingerprint density at radius 2 is 1.89 bits per heavy atom. The zero-order chi connectivity index (χ0) is 13.0. The van der Waals surface area contributed by atoms with Gasteiger partial charge in [-0.25, -0.2) is 0 Å². The molecule has 0 aliphatic carbocycles. The van der Waals surface area contributed by atoms with E-state index in [9.17, 15) is 4.79 Å². The Labute approximate surface area is 108 Å². The van der Waals surface area contributed by atoms with Gasteiger partial charge in [0.05, 0.1) is 0 Å². The Morgan fingerprint density at radius 1 is 1.17 bits per heavy atom. The van der Waals surface area contributed by atoms with Crippen LogP contribution in [0, 0.1) is 0 Å². The molecule has 1 atom stereocenters. The van der Waals surface area contributed by atoms with Gasteiger partial charge in [-0.2, -0.15) is 0 Å². The first-order valence-corrected chi connectivity index (χ1v) is 6.32. The maximum Gasteiger partial charge on any atom is 0.165 e. The number of ketones is 1. The standard InChI is InChI=1S/C16H18O2/c1-3-18-12(2)16(17)11-13-8-9-14-6-4-5-7-15(14)10-13/h4-10,12H,3,11H2,1-2H3. The van der Waals surface area contributed by atoms with E-state index in [1.54, 1.807) is 0 Å². The van der Waals surface area contributed by atoms with Crippen LogP contribution in [-0.2, 0) is 16.0 Å². The van der Waals surface area contributed by atoms with Gasteiger partial charge in [0.1, 0.15) is 6.10 Å². The molecule has 0 saturated carbocycles. The quantitative estimate of drug-likeness (QED) is 0.803. The molecule has 18 heavy (non-hydrogen) atoms. The van der Waals surface area contributed by atoms with Crippen LogP contribution in [0.2, 0.25) is 0 Å². The fourth-order valence-electron chi connectivity index (χ4n) is 2.04. The van der Waals surface area contributed by atoms with Crippen molar-refractivity contribution in [2.45, 2.75) is 26.4 Å². The van der Waals surface area contributed by atoms with Crippen molar-refractivity contribution < 1.29 is 9.53 Å². The number of carbonyl (C=O) groups is 1. The van der Waals surface area contributed by atoms with Crippen LogP contribution in [0.3, 0.4) is 0 Å². The minimum atomic E-state index is -0.318. The fraction of sp³-hybridized carbons (Fsp3) is 0.312. The summed E-state index contributed by atoms with van der Waals surface area (Å²) in [6, 6.07) is 14.3. The highest BCUT2D eigenvalue weighted by Gasteiger charge is 2.13. The van der Waals surface area contributed by atoms with Crippen LogP contribution in [0.1, 0.15) is 19.4 Å². The number of carbonyl (C=O) groups excluding carboxylic acids is 1. The maximum atomic E-state index is 11.9. The van der Waals surface area contributed by atoms with Gasteiger partial charge in [0.25, 0.3) is 0 Å². The molecule has 2 aromatic carbocycles. The second-order valence-corrected chi connectivity index (χ2v) is 4.42. The minimum absolute atomic E-state index is 0.132. The smallest absolute Gasteiger partial charge is 0.165 e. The SMILES string of the molecule is CCOC(C)C(=O)Cc1ccc2ccccc2c1. The van der Waals surface area contributed by atoms with E-state index in [-0.39, 0.29) is 11.9 Å². The zero-order valence-corrected chi connectivity index (χ0v) is 10.8. The van der Waals surface area contributed by atoms with Gasteiger partial charge in [0.2, 0.25) is 0 Å². The van der Waals surface area contributed by atoms with Crippen LogP contribution in [0.4, 0.5) is 0 Å². The first-order chi connectivity index (χ1) is 8.70. The molecule has 0 aliphatic rings. The van der Waals surface area contributed by atoms with Crippen molar-refractivity contribution in [2.75, 3.05) is 6.61 Å². The average molecular weight is 242 g/mol. The van der Waals surface area contributed by atoms with Crippen molar-refractivity contribution in [1.82, 2.24) is 0 Å². The molecule has 0 heterocycles. The Morgan fingerprint density at radius 3 is 2.61 bits per heavy atom. The number of hydrogen-bond acceptors (Lipinski definition) is 2. The summed E-state index contributed by atoms with van der Waals surface area (Å²) >= 11 is 0. The van der Waals surface area contributed by atoms with Crippen LogP contribution in [0.15, 0.2) is 42.5 Å². The highest BCUT2D eigenvalue weighted by molar-refractivity contribution is 5.87. The summed E-state index contributed by atoms with van der Waals surface area (Å²) in [5, 5.41) is 2.37. The summed E-state index contributed by atoms with van der Waals surface area (Å²) in [6.45, 7) is 4.29. The van der Waals surface area contributed by atoms with Crippen molar-refractivity contribution in [3.63, 3.8) is 0 Å². The molecule has 0 spiro atoms. The first kappa shape index (κ1) is 12.8. The van der Waals surface area contributed by atoms with E-state index < -0.39 is 0 Å². The zero-order valence-electron chi connectivity index (χ0n) is 10.8. The molecule has 0 aliphatic heterocycles. The third-order valence-corrected chi connectivity index (χ3v) is 3.06. The van der Waals surface area contributed by atoms with Gasteiger partial charge < -0.3 is 4.74 Å². The van der Waals surface area contributed by atoms with E-state index in [0.29, 0.717) is 13.0 Å².